The largest absolute Gasteiger partial charge is 0.497 e. The first-order valence-corrected chi connectivity index (χ1v) is 7.40. The minimum atomic E-state index is 0.256. The summed E-state index contributed by atoms with van der Waals surface area (Å²) < 4.78 is 5.14. The Morgan fingerprint density at radius 1 is 1.26 bits per heavy atom. The number of anilines is 4. The third-order valence-corrected chi connectivity index (χ3v) is 3.88. The van der Waals surface area contributed by atoms with Crippen LogP contribution >= 0.6 is 0 Å². The molecule has 7 N–H and O–H groups in total. The number of nitrogens with two attached hydrogens (primary N) is 3. The molecule has 122 valence electrons. The van der Waals surface area contributed by atoms with Gasteiger partial charge in [0.05, 0.1) is 24.7 Å². The molecule has 0 spiro atoms. The number of hydrogen-bond donors (Lipinski definition) is 4. The number of nitrogens with zero attached hydrogens (tertiary/aromatic N) is 3. The maximum atomic E-state index is 6.15. The van der Waals surface area contributed by atoms with Crippen LogP contribution in [0.1, 0.15) is 12.8 Å². The summed E-state index contributed by atoms with van der Waals surface area (Å²) in [4.78, 5) is 8.62. The van der Waals surface area contributed by atoms with Crippen molar-refractivity contribution in [2.45, 2.75) is 24.9 Å². The summed E-state index contributed by atoms with van der Waals surface area (Å²) in [6.07, 6.45) is 3.37. The second-order valence-electron chi connectivity index (χ2n) is 5.61. The first-order valence-electron chi connectivity index (χ1n) is 7.40. The fraction of sp³-hybridized carbons (Fsp3) is 0.333. The highest BCUT2D eigenvalue weighted by molar-refractivity contribution is 5.70. The summed E-state index contributed by atoms with van der Waals surface area (Å²) >= 11 is 0. The number of nitrogens with one attached hydrogen (secondary N) is 1. The van der Waals surface area contributed by atoms with Gasteiger partial charge in [-0.25, -0.2) is 10.8 Å². The van der Waals surface area contributed by atoms with E-state index < -0.39 is 0 Å². The molecular weight excluding hydrogens is 294 g/mol. The average molecular weight is 315 g/mol. The van der Waals surface area contributed by atoms with Crippen LogP contribution in [0.15, 0.2) is 30.5 Å². The highest BCUT2D eigenvalue weighted by Crippen LogP contribution is 2.28. The van der Waals surface area contributed by atoms with Crippen molar-refractivity contribution in [3.05, 3.63) is 30.5 Å². The van der Waals surface area contributed by atoms with Crippen molar-refractivity contribution in [3.63, 3.8) is 0 Å². The molecular formula is C15H21N7O. The van der Waals surface area contributed by atoms with Gasteiger partial charge in [-0.05, 0) is 37.1 Å². The van der Waals surface area contributed by atoms with E-state index in [1.807, 2.05) is 24.3 Å². The van der Waals surface area contributed by atoms with Crippen molar-refractivity contribution in [1.29, 1.82) is 0 Å². The number of benzene rings is 1. The lowest BCUT2D eigenvalue weighted by atomic mass is 9.88. The van der Waals surface area contributed by atoms with Gasteiger partial charge in [0, 0.05) is 12.1 Å². The smallest absolute Gasteiger partial charge is 0.225 e. The lowest BCUT2D eigenvalue weighted by Gasteiger charge is -2.33. The zero-order valence-corrected chi connectivity index (χ0v) is 12.9. The Morgan fingerprint density at radius 3 is 2.57 bits per heavy atom. The SMILES string of the molecule is COc1ccc(N(N)c2nc(NC3CC(N)C3)ncc2N)cc1. The summed E-state index contributed by atoms with van der Waals surface area (Å²) in [7, 11) is 1.61. The van der Waals surface area contributed by atoms with Gasteiger partial charge in [0.1, 0.15) is 5.75 Å². The van der Waals surface area contributed by atoms with Crippen molar-refractivity contribution in [2.75, 3.05) is 23.2 Å². The van der Waals surface area contributed by atoms with Crippen LogP contribution in [0.25, 0.3) is 0 Å². The molecule has 0 aliphatic heterocycles. The molecule has 0 amide bonds. The van der Waals surface area contributed by atoms with Gasteiger partial charge in [0.25, 0.3) is 0 Å². The third kappa shape index (κ3) is 3.27. The average Bonchev–Trinajstić information content (AvgIpc) is 2.54. The van der Waals surface area contributed by atoms with Crippen molar-refractivity contribution in [2.24, 2.45) is 11.6 Å². The summed E-state index contributed by atoms with van der Waals surface area (Å²) in [6, 6.07) is 7.86. The molecule has 0 unspecified atom stereocenters. The molecule has 1 aromatic heterocycles. The Bertz CT molecular complexity index is 670. The van der Waals surface area contributed by atoms with E-state index in [1.54, 1.807) is 13.3 Å². The van der Waals surface area contributed by atoms with Gasteiger partial charge in [0.2, 0.25) is 5.95 Å². The third-order valence-electron chi connectivity index (χ3n) is 3.88. The van der Waals surface area contributed by atoms with E-state index in [9.17, 15) is 0 Å². The molecule has 1 heterocycles. The fourth-order valence-electron chi connectivity index (χ4n) is 2.47. The summed E-state index contributed by atoms with van der Waals surface area (Å²) in [6.45, 7) is 0. The second kappa shape index (κ2) is 6.27. The number of ether oxygens (including phenoxy) is 1. The van der Waals surface area contributed by atoms with Crippen LogP contribution in [0.4, 0.5) is 23.1 Å². The monoisotopic (exact) mass is 315 g/mol. The van der Waals surface area contributed by atoms with E-state index >= 15 is 0 Å². The Balaban J connectivity index is 1.79. The van der Waals surface area contributed by atoms with E-state index in [2.05, 4.69) is 15.3 Å². The number of nitrogen functional groups attached to an aromatic ring is 1. The Kier molecular flexibility index (Phi) is 4.18. The van der Waals surface area contributed by atoms with E-state index in [0.717, 1.165) is 24.3 Å². The Morgan fingerprint density at radius 2 is 1.96 bits per heavy atom. The van der Waals surface area contributed by atoms with Crippen LogP contribution in [-0.4, -0.2) is 29.2 Å². The molecule has 3 rings (SSSR count). The standard InChI is InChI=1S/C15H21N7O/c1-23-12-4-2-11(3-5-12)22(18)14-13(17)8-19-15(21-14)20-10-6-9(16)7-10/h2-5,8-10H,6-7,16-18H2,1H3,(H,19,20,21). The van der Waals surface area contributed by atoms with Gasteiger partial charge in [-0.2, -0.15) is 4.98 Å². The van der Waals surface area contributed by atoms with Crippen LogP contribution in [0.3, 0.4) is 0 Å². The predicted octanol–water partition coefficient (Wildman–Crippen LogP) is 0.981. The second-order valence-corrected chi connectivity index (χ2v) is 5.61. The lowest BCUT2D eigenvalue weighted by molar-refractivity contribution is 0.372. The van der Waals surface area contributed by atoms with Crippen molar-refractivity contribution < 1.29 is 4.74 Å². The lowest BCUT2D eigenvalue weighted by Crippen LogP contribution is -2.44. The molecule has 0 atom stereocenters. The topological polar surface area (TPSA) is 128 Å². The van der Waals surface area contributed by atoms with Crippen LogP contribution in [0, 0.1) is 0 Å². The molecule has 23 heavy (non-hydrogen) atoms. The van der Waals surface area contributed by atoms with Crippen LogP contribution in [0.5, 0.6) is 5.75 Å². The summed E-state index contributed by atoms with van der Waals surface area (Å²) in [5.41, 5.74) is 12.9. The number of rotatable bonds is 5. The van der Waals surface area contributed by atoms with E-state index in [1.165, 1.54) is 5.01 Å². The first-order chi connectivity index (χ1) is 11.1. The van der Waals surface area contributed by atoms with Crippen molar-refractivity contribution >= 4 is 23.1 Å². The maximum Gasteiger partial charge on any atom is 0.225 e. The minimum absolute atomic E-state index is 0.256. The van der Waals surface area contributed by atoms with Gasteiger partial charge < -0.3 is 21.5 Å². The van der Waals surface area contributed by atoms with E-state index in [-0.39, 0.29) is 6.04 Å². The molecule has 1 fully saturated rings. The minimum Gasteiger partial charge on any atom is -0.497 e. The summed E-state index contributed by atoms with van der Waals surface area (Å²) in [5, 5.41) is 4.67. The number of hydrogen-bond acceptors (Lipinski definition) is 8. The number of methoxy groups -OCH3 is 1. The molecule has 8 heteroatoms. The molecule has 1 saturated carbocycles. The molecule has 0 radical (unpaired) electrons. The Hall–Kier alpha value is -2.58. The predicted molar refractivity (Wildman–Crippen MR) is 90.4 cm³/mol. The van der Waals surface area contributed by atoms with Gasteiger partial charge in [-0.15, -0.1) is 0 Å². The first kappa shape index (κ1) is 15.3. The van der Waals surface area contributed by atoms with Crippen LogP contribution < -0.4 is 32.4 Å². The normalized spacial score (nSPS) is 19.8. The fourth-order valence-corrected chi connectivity index (χ4v) is 2.47. The maximum absolute atomic E-state index is 6.15. The molecule has 8 nitrogen and oxygen atoms in total. The van der Waals surface area contributed by atoms with Crippen molar-refractivity contribution in [3.8, 4) is 5.75 Å². The van der Waals surface area contributed by atoms with Gasteiger partial charge in [-0.1, -0.05) is 0 Å². The number of aromatic nitrogens is 2. The molecule has 1 aromatic carbocycles. The zero-order valence-electron chi connectivity index (χ0n) is 12.9. The molecule has 0 saturated heterocycles. The highest BCUT2D eigenvalue weighted by Gasteiger charge is 2.26. The van der Waals surface area contributed by atoms with Crippen LogP contribution in [-0.2, 0) is 0 Å². The van der Waals surface area contributed by atoms with Crippen LogP contribution in [0.2, 0.25) is 0 Å². The van der Waals surface area contributed by atoms with E-state index in [0.29, 0.717) is 23.5 Å². The molecule has 2 aromatic rings. The van der Waals surface area contributed by atoms with Gasteiger partial charge in [0.15, 0.2) is 5.82 Å². The van der Waals surface area contributed by atoms with E-state index in [4.69, 9.17) is 22.0 Å². The molecule has 0 bridgehead atoms. The van der Waals surface area contributed by atoms with Gasteiger partial charge in [-0.3, -0.25) is 5.01 Å². The number of hydrazine groups is 1. The molecule has 1 aliphatic rings. The summed E-state index contributed by atoms with van der Waals surface area (Å²) in [5.74, 6) is 7.84. The quantitative estimate of drug-likeness (QED) is 0.475. The highest BCUT2D eigenvalue weighted by atomic mass is 16.5. The van der Waals surface area contributed by atoms with Gasteiger partial charge >= 0.3 is 0 Å². The molecule has 1 aliphatic carbocycles. The Labute approximate surface area is 134 Å². The zero-order chi connectivity index (χ0) is 16.4. The van der Waals surface area contributed by atoms with Crippen molar-refractivity contribution in [1.82, 2.24) is 9.97 Å².